The Bertz CT molecular complexity index is 969. The predicted molar refractivity (Wildman–Crippen MR) is 114 cm³/mol. The number of pyridine rings is 1. The quantitative estimate of drug-likeness (QED) is 0.576. The molecule has 10 heteroatoms. The minimum Gasteiger partial charge on any atom is -0.362 e. The van der Waals surface area contributed by atoms with Crippen molar-refractivity contribution in [3.8, 4) is 0 Å². The first-order valence-corrected chi connectivity index (χ1v) is 10.3. The fraction of sp³-hybridized carbons (Fsp3) is 0.381. The molecule has 0 atom stereocenters. The van der Waals surface area contributed by atoms with Crippen LogP contribution in [0, 0.1) is 10.1 Å². The number of aromatic nitrogens is 1. The summed E-state index contributed by atoms with van der Waals surface area (Å²) in [7, 11) is 0. The summed E-state index contributed by atoms with van der Waals surface area (Å²) >= 11 is 0. The molecule has 2 aliphatic heterocycles. The lowest BCUT2D eigenvalue weighted by Gasteiger charge is -2.36. The van der Waals surface area contributed by atoms with E-state index in [-0.39, 0.29) is 17.5 Å². The van der Waals surface area contributed by atoms with Crippen molar-refractivity contribution in [3.05, 3.63) is 64.0 Å². The molecule has 10 nitrogen and oxygen atoms in total. The molecule has 2 saturated heterocycles. The summed E-state index contributed by atoms with van der Waals surface area (Å²) < 4.78 is 0. The Balaban J connectivity index is 1.47. The molecule has 2 amide bonds. The summed E-state index contributed by atoms with van der Waals surface area (Å²) in [5.74, 6) is -0.266. The van der Waals surface area contributed by atoms with Crippen LogP contribution in [0.1, 0.15) is 20.7 Å². The van der Waals surface area contributed by atoms with Gasteiger partial charge in [-0.25, -0.2) is 0 Å². The van der Waals surface area contributed by atoms with Crippen LogP contribution < -0.4 is 10.2 Å². The van der Waals surface area contributed by atoms with Crippen molar-refractivity contribution in [2.45, 2.75) is 0 Å². The molecule has 31 heavy (non-hydrogen) atoms. The zero-order chi connectivity index (χ0) is 21.8. The van der Waals surface area contributed by atoms with Crippen LogP contribution >= 0.6 is 0 Å². The van der Waals surface area contributed by atoms with E-state index >= 15 is 0 Å². The van der Waals surface area contributed by atoms with Crippen LogP contribution in [-0.4, -0.2) is 83.9 Å². The molecular weight excluding hydrogens is 400 g/mol. The first-order chi connectivity index (χ1) is 15.0. The highest BCUT2D eigenvalue weighted by atomic mass is 16.6. The number of nitrogens with zero attached hydrogens (tertiary/aromatic N) is 5. The fourth-order valence-electron chi connectivity index (χ4n) is 3.95. The van der Waals surface area contributed by atoms with Gasteiger partial charge >= 0.3 is 0 Å². The number of carbonyl (C=O) groups is 2. The number of carbonyl (C=O) groups excluding carboxylic acids is 2. The van der Waals surface area contributed by atoms with Gasteiger partial charge in [-0.05, 0) is 24.3 Å². The standard InChI is InChI=1S/C21H24N6O4/c28-20(16-3-5-22-6-4-16)26-13-11-24(12-14-26)18-2-1-17(15-19(18)27(30)31)21(29)25-9-7-23-8-10-25/h1-6,15,23H,7-14H2. The summed E-state index contributed by atoms with van der Waals surface area (Å²) in [5, 5.41) is 14.9. The highest BCUT2D eigenvalue weighted by Gasteiger charge is 2.28. The number of piperazine rings is 2. The van der Waals surface area contributed by atoms with Crippen molar-refractivity contribution in [1.29, 1.82) is 0 Å². The number of hydrogen-bond acceptors (Lipinski definition) is 7. The van der Waals surface area contributed by atoms with Crippen molar-refractivity contribution in [1.82, 2.24) is 20.1 Å². The monoisotopic (exact) mass is 424 g/mol. The highest BCUT2D eigenvalue weighted by Crippen LogP contribution is 2.30. The lowest BCUT2D eigenvalue weighted by atomic mass is 10.1. The van der Waals surface area contributed by atoms with Crippen molar-refractivity contribution >= 4 is 23.2 Å². The highest BCUT2D eigenvalue weighted by molar-refractivity contribution is 5.96. The van der Waals surface area contributed by atoms with E-state index < -0.39 is 4.92 Å². The van der Waals surface area contributed by atoms with E-state index in [2.05, 4.69) is 10.3 Å². The van der Waals surface area contributed by atoms with E-state index in [0.29, 0.717) is 69.2 Å². The summed E-state index contributed by atoms with van der Waals surface area (Å²) in [6, 6.07) is 8.02. The van der Waals surface area contributed by atoms with Gasteiger partial charge in [0, 0.05) is 81.9 Å². The predicted octanol–water partition coefficient (Wildman–Crippen LogP) is 0.998. The third kappa shape index (κ3) is 4.48. The van der Waals surface area contributed by atoms with Gasteiger partial charge in [-0.2, -0.15) is 0 Å². The zero-order valence-electron chi connectivity index (χ0n) is 17.1. The average Bonchev–Trinajstić information content (AvgIpc) is 2.84. The molecule has 0 saturated carbocycles. The van der Waals surface area contributed by atoms with E-state index in [1.807, 2.05) is 4.90 Å². The van der Waals surface area contributed by atoms with Crippen molar-refractivity contribution in [2.24, 2.45) is 0 Å². The lowest BCUT2D eigenvalue weighted by molar-refractivity contribution is -0.384. The molecule has 1 aromatic heterocycles. The van der Waals surface area contributed by atoms with E-state index in [9.17, 15) is 19.7 Å². The first kappa shape index (κ1) is 20.7. The minimum absolute atomic E-state index is 0.0754. The average molecular weight is 424 g/mol. The summed E-state index contributed by atoms with van der Waals surface area (Å²) in [6.07, 6.45) is 3.16. The molecule has 0 spiro atoms. The van der Waals surface area contributed by atoms with E-state index in [0.717, 1.165) is 0 Å². The number of nitrogens with one attached hydrogen (secondary N) is 1. The van der Waals surface area contributed by atoms with Gasteiger partial charge in [-0.1, -0.05) is 0 Å². The maximum absolute atomic E-state index is 12.7. The van der Waals surface area contributed by atoms with Crippen molar-refractivity contribution in [3.63, 3.8) is 0 Å². The third-order valence-electron chi connectivity index (χ3n) is 5.66. The van der Waals surface area contributed by atoms with Gasteiger partial charge in [0.05, 0.1) is 4.92 Å². The second-order valence-corrected chi connectivity index (χ2v) is 7.52. The van der Waals surface area contributed by atoms with Gasteiger partial charge in [0.15, 0.2) is 0 Å². The van der Waals surface area contributed by atoms with Crippen LogP contribution in [0.15, 0.2) is 42.7 Å². The number of benzene rings is 1. The van der Waals surface area contributed by atoms with Crippen LogP contribution in [0.4, 0.5) is 11.4 Å². The van der Waals surface area contributed by atoms with Crippen LogP contribution in [0.3, 0.4) is 0 Å². The second-order valence-electron chi connectivity index (χ2n) is 7.52. The Morgan fingerprint density at radius 2 is 1.48 bits per heavy atom. The molecular formula is C21H24N6O4. The van der Waals surface area contributed by atoms with Crippen LogP contribution in [-0.2, 0) is 0 Å². The van der Waals surface area contributed by atoms with E-state index in [1.54, 1.807) is 46.5 Å². The molecule has 2 aromatic rings. The Hall–Kier alpha value is -3.53. The molecule has 3 heterocycles. The van der Waals surface area contributed by atoms with E-state index in [1.165, 1.54) is 6.07 Å². The molecule has 0 radical (unpaired) electrons. The Kier molecular flexibility index (Phi) is 6.08. The van der Waals surface area contributed by atoms with Gasteiger partial charge < -0.3 is 20.0 Å². The van der Waals surface area contributed by atoms with Gasteiger partial charge in [-0.15, -0.1) is 0 Å². The number of rotatable bonds is 4. The SMILES string of the molecule is O=C(c1ccc(N2CCN(C(=O)c3ccncc3)CC2)c([N+](=O)[O-])c1)N1CCNCC1. The Labute approximate surface area is 179 Å². The van der Waals surface area contributed by atoms with Gasteiger partial charge in [0.2, 0.25) is 0 Å². The minimum atomic E-state index is -0.446. The van der Waals surface area contributed by atoms with E-state index in [4.69, 9.17) is 0 Å². The maximum atomic E-state index is 12.7. The Morgan fingerprint density at radius 1 is 0.871 bits per heavy atom. The lowest BCUT2D eigenvalue weighted by Crippen LogP contribution is -2.49. The van der Waals surface area contributed by atoms with Crippen LogP contribution in [0.25, 0.3) is 0 Å². The molecule has 0 aliphatic carbocycles. The molecule has 4 rings (SSSR count). The number of amides is 2. The molecule has 162 valence electrons. The summed E-state index contributed by atoms with van der Waals surface area (Å²) in [6.45, 7) is 4.47. The number of hydrogen-bond donors (Lipinski definition) is 1. The maximum Gasteiger partial charge on any atom is 0.293 e. The zero-order valence-corrected chi connectivity index (χ0v) is 17.1. The molecule has 0 bridgehead atoms. The summed E-state index contributed by atoms with van der Waals surface area (Å²) in [4.78, 5) is 45.9. The largest absolute Gasteiger partial charge is 0.362 e. The molecule has 1 N–H and O–H groups in total. The van der Waals surface area contributed by atoms with Crippen LogP contribution in [0.5, 0.6) is 0 Å². The molecule has 2 aliphatic rings. The second kappa shape index (κ2) is 9.09. The molecule has 2 fully saturated rings. The van der Waals surface area contributed by atoms with Gasteiger partial charge in [0.25, 0.3) is 17.5 Å². The smallest absolute Gasteiger partial charge is 0.293 e. The molecule has 1 aromatic carbocycles. The van der Waals surface area contributed by atoms with Crippen molar-refractivity contribution in [2.75, 3.05) is 57.3 Å². The normalized spacial score (nSPS) is 16.8. The van der Waals surface area contributed by atoms with Crippen molar-refractivity contribution < 1.29 is 14.5 Å². The first-order valence-electron chi connectivity index (χ1n) is 10.3. The third-order valence-corrected chi connectivity index (χ3v) is 5.66. The molecule has 0 unspecified atom stereocenters. The van der Waals surface area contributed by atoms with Crippen LogP contribution in [0.2, 0.25) is 0 Å². The Morgan fingerprint density at radius 3 is 2.13 bits per heavy atom. The number of nitro benzene ring substituents is 1. The number of anilines is 1. The summed E-state index contributed by atoms with van der Waals surface area (Å²) in [5.41, 5.74) is 1.28. The van der Waals surface area contributed by atoms with Gasteiger partial charge in [0.1, 0.15) is 5.69 Å². The van der Waals surface area contributed by atoms with Gasteiger partial charge in [-0.3, -0.25) is 24.7 Å². The topological polar surface area (TPSA) is 112 Å². The fourth-order valence-corrected chi connectivity index (χ4v) is 3.95. The number of nitro groups is 1.